The van der Waals surface area contributed by atoms with Gasteiger partial charge in [-0.15, -0.1) is 6.42 Å². The molecule has 1 unspecified atom stereocenters. The number of halogens is 1. The van der Waals surface area contributed by atoms with Crippen LogP contribution in [0, 0.1) is 19.3 Å². The second-order valence-electron chi connectivity index (χ2n) is 5.68. The van der Waals surface area contributed by atoms with Crippen molar-refractivity contribution in [2.45, 2.75) is 13.0 Å². The van der Waals surface area contributed by atoms with E-state index in [0.717, 1.165) is 31.7 Å². The molecule has 1 heterocycles. The summed E-state index contributed by atoms with van der Waals surface area (Å²) >= 11 is 6.08. The molecule has 0 spiro atoms. The third kappa shape index (κ3) is 5.19. The molecular weight excluding hydrogens is 300 g/mol. The Hall–Kier alpha value is -1.25. The number of aliphatic hydroxyl groups is 1. The van der Waals surface area contributed by atoms with Crippen molar-refractivity contribution in [2.24, 2.45) is 0 Å². The molecule has 1 fully saturated rings. The van der Waals surface area contributed by atoms with Crippen LogP contribution in [0.3, 0.4) is 0 Å². The molecule has 2 rings (SSSR count). The molecule has 120 valence electrons. The van der Waals surface area contributed by atoms with Crippen LogP contribution >= 0.6 is 11.6 Å². The molecule has 5 heteroatoms. The van der Waals surface area contributed by atoms with E-state index in [2.05, 4.69) is 15.7 Å². The van der Waals surface area contributed by atoms with E-state index in [0.29, 0.717) is 23.9 Å². The van der Waals surface area contributed by atoms with Crippen molar-refractivity contribution in [3.05, 3.63) is 28.8 Å². The molecule has 1 atom stereocenters. The van der Waals surface area contributed by atoms with Gasteiger partial charge in [-0.2, -0.15) is 0 Å². The Labute approximate surface area is 137 Å². The number of nitrogens with zero attached hydrogens (tertiary/aromatic N) is 2. The molecule has 0 amide bonds. The van der Waals surface area contributed by atoms with Crippen LogP contribution in [0.4, 0.5) is 0 Å². The first-order chi connectivity index (χ1) is 10.6. The molecule has 1 aliphatic rings. The standard InChI is InChI=1S/C17H23ClN2O2/c1-3-6-19-7-9-20(10-8-19)12-15(21)13-22-17-11-14(2)4-5-16(17)18/h1,4-5,11,15,21H,6-10,12-13H2,2H3. The number of rotatable bonds is 6. The minimum absolute atomic E-state index is 0.244. The van der Waals surface area contributed by atoms with Gasteiger partial charge in [-0.3, -0.25) is 9.80 Å². The normalized spacial score (nSPS) is 17.9. The lowest BCUT2D eigenvalue weighted by Gasteiger charge is -2.34. The fourth-order valence-electron chi connectivity index (χ4n) is 2.52. The number of hydrogen-bond acceptors (Lipinski definition) is 4. The number of ether oxygens (including phenoxy) is 1. The zero-order valence-electron chi connectivity index (χ0n) is 13.0. The number of aryl methyl sites for hydroxylation is 1. The molecule has 22 heavy (non-hydrogen) atoms. The predicted molar refractivity (Wildman–Crippen MR) is 89.4 cm³/mol. The first-order valence-corrected chi connectivity index (χ1v) is 7.91. The maximum absolute atomic E-state index is 10.1. The lowest BCUT2D eigenvalue weighted by Crippen LogP contribution is -2.49. The first kappa shape index (κ1) is 17.1. The summed E-state index contributed by atoms with van der Waals surface area (Å²) in [7, 11) is 0. The second-order valence-corrected chi connectivity index (χ2v) is 6.09. The van der Waals surface area contributed by atoms with Gasteiger partial charge in [0.15, 0.2) is 0 Å². The van der Waals surface area contributed by atoms with Gasteiger partial charge in [0.2, 0.25) is 0 Å². The topological polar surface area (TPSA) is 35.9 Å². The van der Waals surface area contributed by atoms with E-state index in [4.69, 9.17) is 22.8 Å². The van der Waals surface area contributed by atoms with Crippen molar-refractivity contribution in [1.29, 1.82) is 0 Å². The quantitative estimate of drug-likeness (QED) is 0.808. The molecule has 1 N–H and O–H groups in total. The lowest BCUT2D eigenvalue weighted by atomic mass is 10.2. The van der Waals surface area contributed by atoms with Crippen LogP contribution in [0.15, 0.2) is 18.2 Å². The number of terminal acetylenes is 1. The van der Waals surface area contributed by atoms with Gasteiger partial charge in [0.05, 0.1) is 11.6 Å². The van der Waals surface area contributed by atoms with E-state index >= 15 is 0 Å². The number of piperazine rings is 1. The van der Waals surface area contributed by atoms with Crippen molar-refractivity contribution in [2.75, 3.05) is 45.9 Å². The molecule has 0 saturated carbocycles. The monoisotopic (exact) mass is 322 g/mol. The third-order valence-corrected chi connectivity index (χ3v) is 4.08. The van der Waals surface area contributed by atoms with Crippen molar-refractivity contribution >= 4 is 11.6 Å². The van der Waals surface area contributed by atoms with Gasteiger partial charge in [0.25, 0.3) is 0 Å². The summed E-state index contributed by atoms with van der Waals surface area (Å²) in [5.74, 6) is 3.29. The van der Waals surface area contributed by atoms with E-state index in [1.807, 2.05) is 25.1 Å². The Morgan fingerprint density at radius 3 is 2.68 bits per heavy atom. The van der Waals surface area contributed by atoms with Gasteiger partial charge in [-0.25, -0.2) is 0 Å². The summed E-state index contributed by atoms with van der Waals surface area (Å²) in [6.45, 7) is 7.26. The third-order valence-electron chi connectivity index (χ3n) is 3.77. The van der Waals surface area contributed by atoms with Gasteiger partial charge in [-0.1, -0.05) is 23.6 Å². The van der Waals surface area contributed by atoms with E-state index in [1.165, 1.54) is 0 Å². The highest BCUT2D eigenvalue weighted by molar-refractivity contribution is 6.32. The molecule has 0 aromatic heterocycles. The van der Waals surface area contributed by atoms with E-state index in [-0.39, 0.29) is 6.61 Å². The Bertz CT molecular complexity index is 522. The van der Waals surface area contributed by atoms with Crippen LogP contribution in [0.2, 0.25) is 5.02 Å². The van der Waals surface area contributed by atoms with Crippen LogP contribution in [0.1, 0.15) is 5.56 Å². The Kier molecular flexibility index (Phi) is 6.53. The minimum Gasteiger partial charge on any atom is -0.489 e. The largest absolute Gasteiger partial charge is 0.489 e. The number of β-amino-alcohol motifs (C(OH)–C–C–N with tert-alkyl or cyclic N) is 1. The highest BCUT2D eigenvalue weighted by Gasteiger charge is 2.19. The molecule has 1 aromatic rings. The van der Waals surface area contributed by atoms with Gasteiger partial charge in [-0.05, 0) is 24.6 Å². The molecule has 1 aliphatic heterocycles. The average Bonchev–Trinajstić information content (AvgIpc) is 2.50. The zero-order chi connectivity index (χ0) is 15.9. The maximum atomic E-state index is 10.1. The first-order valence-electron chi connectivity index (χ1n) is 7.53. The number of benzene rings is 1. The van der Waals surface area contributed by atoms with Gasteiger partial charge < -0.3 is 9.84 Å². The smallest absolute Gasteiger partial charge is 0.138 e. The SMILES string of the molecule is C#CCN1CCN(CC(O)COc2cc(C)ccc2Cl)CC1. The fourth-order valence-corrected chi connectivity index (χ4v) is 2.69. The molecule has 4 nitrogen and oxygen atoms in total. The molecule has 1 aromatic carbocycles. The van der Waals surface area contributed by atoms with Crippen molar-refractivity contribution < 1.29 is 9.84 Å². The summed E-state index contributed by atoms with van der Waals surface area (Å²) < 4.78 is 5.64. The van der Waals surface area contributed by atoms with Gasteiger partial charge in [0.1, 0.15) is 18.5 Å². The second kappa shape index (κ2) is 8.40. The van der Waals surface area contributed by atoms with E-state index in [9.17, 15) is 5.11 Å². The van der Waals surface area contributed by atoms with Crippen LogP contribution in [0.25, 0.3) is 0 Å². The molecule has 1 saturated heterocycles. The van der Waals surface area contributed by atoms with Crippen LogP contribution in [-0.2, 0) is 0 Å². The number of hydrogen-bond donors (Lipinski definition) is 1. The fraction of sp³-hybridized carbons (Fsp3) is 0.529. The van der Waals surface area contributed by atoms with Crippen molar-refractivity contribution in [1.82, 2.24) is 9.80 Å². The molecular formula is C17H23ClN2O2. The van der Waals surface area contributed by atoms with E-state index in [1.54, 1.807) is 0 Å². The average molecular weight is 323 g/mol. The summed E-state index contributed by atoms with van der Waals surface area (Å²) in [6.07, 6.45) is 4.79. The highest BCUT2D eigenvalue weighted by atomic mass is 35.5. The Balaban J connectivity index is 1.73. The summed E-state index contributed by atoms with van der Waals surface area (Å²) in [5, 5.41) is 10.7. The van der Waals surface area contributed by atoms with Crippen LogP contribution in [-0.4, -0.2) is 66.9 Å². The predicted octanol–water partition coefficient (Wildman–Crippen LogP) is 1.64. The molecule has 0 radical (unpaired) electrons. The maximum Gasteiger partial charge on any atom is 0.138 e. The molecule has 0 bridgehead atoms. The summed E-state index contributed by atoms with van der Waals surface area (Å²) in [6, 6.07) is 5.62. The van der Waals surface area contributed by atoms with Gasteiger partial charge >= 0.3 is 0 Å². The zero-order valence-corrected chi connectivity index (χ0v) is 13.7. The Morgan fingerprint density at radius 2 is 2.00 bits per heavy atom. The summed E-state index contributed by atoms with van der Waals surface area (Å²) in [5.41, 5.74) is 1.08. The minimum atomic E-state index is -0.532. The Morgan fingerprint density at radius 1 is 1.32 bits per heavy atom. The van der Waals surface area contributed by atoms with Crippen molar-refractivity contribution in [3.63, 3.8) is 0 Å². The van der Waals surface area contributed by atoms with Crippen molar-refractivity contribution in [3.8, 4) is 18.1 Å². The van der Waals surface area contributed by atoms with Gasteiger partial charge in [0, 0.05) is 32.7 Å². The summed E-state index contributed by atoms with van der Waals surface area (Å²) in [4.78, 5) is 4.48. The highest BCUT2D eigenvalue weighted by Crippen LogP contribution is 2.25. The van der Waals surface area contributed by atoms with Crippen LogP contribution < -0.4 is 4.74 Å². The molecule has 0 aliphatic carbocycles. The van der Waals surface area contributed by atoms with Crippen LogP contribution in [0.5, 0.6) is 5.75 Å². The number of aliphatic hydroxyl groups excluding tert-OH is 1. The van der Waals surface area contributed by atoms with E-state index < -0.39 is 6.10 Å². The lowest BCUT2D eigenvalue weighted by molar-refractivity contribution is 0.0485.